The molecule has 140 valence electrons. The molecular formula is C17H25NO7. The summed E-state index contributed by atoms with van der Waals surface area (Å²) < 4.78 is 15.5. The van der Waals surface area contributed by atoms with Crippen molar-refractivity contribution in [2.75, 3.05) is 20.3 Å². The molecule has 0 fully saturated rings. The molecule has 0 aliphatic carbocycles. The minimum atomic E-state index is -1.25. The number of carbonyl (C=O) groups excluding carboxylic acids is 1. The number of esters is 1. The first kappa shape index (κ1) is 21.0. The third-order valence-electron chi connectivity index (χ3n) is 3.34. The van der Waals surface area contributed by atoms with Crippen LogP contribution in [0.4, 0.5) is 0 Å². The first-order valence-electron chi connectivity index (χ1n) is 7.81. The summed E-state index contributed by atoms with van der Waals surface area (Å²) >= 11 is 0. The fraction of sp³-hybridized carbons (Fsp3) is 0.529. The Balaban J connectivity index is 2.90. The van der Waals surface area contributed by atoms with Crippen LogP contribution in [-0.4, -0.2) is 72.4 Å². The summed E-state index contributed by atoms with van der Waals surface area (Å²) in [7, 11) is 1.56. The van der Waals surface area contributed by atoms with Gasteiger partial charge in [-0.05, 0) is 36.8 Å². The number of methoxy groups -OCH3 is 1. The van der Waals surface area contributed by atoms with Gasteiger partial charge in [-0.15, -0.1) is 0 Å². The normalized spacial score (nSPS) is 16.2. The molecule has 25 heavy (non-hydrogen) atoms. The van der Waals surface area contributed by atoms with Crippen molar-refractivity contribution >= 4 is 12.2 Å². The van der Waals surface area contributed by atoms with Crippen LogP contribution in [0.25, 0.3) is 0 Å². The predicted molar refractivity (Wildman–Crippen MR) is 90.7 cm³/mol. The summed E-state index contributed by atoms with van der Waals surface area (Å²) in [6.07, 6.45) is -1.72. The van der Waals surface area contributed by atoms with Crippen LogP contribution in [0.5, 0.6) is 5.75 Å². The van der Waals surface area contributed by atoms with Gasteiger partial charge in [0.15, 0.2) is 0 Å². The van der Waals surface area contributed by atoms with Crippen LogP contribution >= 0.6 is 0 Å². The summed E-state index contributed by atoms with van der Waals surface area (Å²) in [5.41, 5.74) is 0.745. The summed E-state index contributed by atoms with van der Waals surface area (Å²) in [4.78, 5) is 15.5. The minimum absolute atomic E-state index is 0.456. The zero-order valence-electron chi connectivity index (χ0n) is 14.5. The molecule has 0 saturated carbocycles. The van der Waals surface area contributed by atoms with Crippen LogP contribution in [0.2, 0.25) is 0 Å². The van der Waals surface area contributed by atoms with E-state index in [9.17, 15) is 20.1 Å². The second kappa shape index (κ2) is 10.8. The van der Waals surface area contributed by atoms with Crippen LogP contribution in [0.15, 0.2) is 29.3 Å². The van der Waals surface area contributed by atoms with Crippen molar-refractivity contribution in [1.82, 2.24) is 0 Å². The van der Waals surface area contributed by atoms with Gasteiger partial charge in [0.2, 0.25) is 6.29 Å². The van der Waals surface area contributed by atoms with Crippen LogP contribution in [-0.2, 0) is 14.3 Å². The average molecular weight is 355 g/mol. The zero-order chi connectivity index (χ0) is 18.8. The number of benzene rings is 1. The number of carbonyl (C=O) groups is 1. The van der Waals surface area contributed by atoms with Crippen LogP contribution in [0, 0.1) is 0 Å². The Morgan fingerprint density at radius 2 is 1.88 bits per heavy atom. The molecule has 0 radical (unpaired) electrons. The van der Waals surface area contributed by atoms with Crippen molar-refractivity contribution in [3.8, 4) is 5.75 Å². The van der Waals surface area contributed by atoms with Crippen molar-refractivity contribution in [3.63, 3.8) is 0 Å². The Morgan fingerprint density at radius 1 is 1.24 bits per heavy atom. The van der Waals surface area contributed by atoms with Crippen LogP contribution < -0.4 is 4.74 Å². The fourth-order valence-corrected chi connectivity index (χ4v) is 1.92. The lowest BCUT2D eigenvalue weighted by Crippen LogP contribution is -2.42. The second-order valence-electron chi connectivity index (χ2n) is 5.38. The van der Waals surface area contributed by atoms with Crippen molar-refractivity contribution in [2.24, 2.45) is 4.99 Å². The summed E-state index contributed by atoms with van der Waals surface area (Å²) in [6, 6.07) is 6.13. The molecule has 0 aliphatic rings. The maximum atomic E-state index is 11.3. The van der Waals surface area contributed by atoms with Gasteiger partial charge >= 0.3 is 5.97 Å². The topological polar surface area (TPSA) is 118 Å². The summed E-state index contributed by atoms with van der Waals surface area (Å²) in [6.45, 7) is 1.69. The van der Waals surface area contributed by atoms with E-state index in [1.807, 2.05) is 0 Å². The molecular weight excluding hydrogens is 330 g/mol. The highest BCUT2D eigenvalue weighted by atomic mass is 16.7. The highest BCUT2D eigenvalue weighted by Crippen LogP contribution is 2.13. The molecule has 0 amide bonds. The number of aliphatic hydroxyl groups is 3. The number of aliphatic hydroxyl groups excluding tert-OH is 3. The Hall–Kier alpha value is -2.00. The van der Waals surface area contributed by atoms with E-state index in [2.05, 4.69) is 4.99 Å². The molecule has 0 heterocycles. The van der Waals surface area contributed by atoms with Gasteiger partial charge in [-0.3, -0.25) is 9.79 Å². The highest BCUT2D eigenvalue weighted by Gasteiger charge is 2.29. The lowest BCUT2D eigenvalue weighted by molar-refractivity contribution is -0.211. The fourth-order valence-electron chi connectivity index (χ4n) is 1.92. The molecule has 0 saturated heterocycles. The predicted octanol–water partition coefficient (Wildman–Crippen LogP) is 0.122. The molecule has 8 heteroatoms. The van der Waals surface area contributed by atoms with E-state index < -0.39 is 43.7 Å². The Bertz CT molecular complexity index is 544. The number of nitrogens with zero attached hydrogens (tertiary/aromatic N) is 1. The molecule has 1 unspecified atom stereocenters. The summed E-state index contributed by atoms with van der Waals surface area (Å²) in [5, 5.41) is 28.4. The summed E-state index contributed by atoms with van der Waals surface area (Å²) in [5.74, 6) is 0.0603. The standard InChI is InChI=1S/C17H25NO7/c1-11(21)16(10-20)25-17(24-12(2)22)15(9-19)18-8-13-4-6-14(23-3)7-5-13/h4-8,11,15-17,19-21H,9-10H2,1-3H3/b18-8+/t11-,15-,16?,17+/m0/s1. The largest absolute Gasteiger partial charge is 0.497 e. The van der Waals surface area contributed by atoms with Gasteiger partial charge in [0, 0.05) is 13.1 Å². The monoisotopic (exact) mass is 355 g/mol. The van der Waals surface area contributed by atoms with Gasteiger partial charge in [0.05, 0.1) is 26.4 Å². The van der Waals surface area contributed by atoms with E-state index in [4.69, 9.17) is 14.2 Å². The maximum absolute atomic E-state index is 11.3. The zero-order valence-corrected chi connectivity index (χ0v) is 14.5. The molecule has 1 rings (SSSR count). The third kappa shape index (κ3) is 7.18. The first-order chi connectivity index (χ1) is 11.9. The SMILES string of the molecule is COc1ccc(/C=N/[C@@H](CO)[C@H](OC(C)=O)OC(CO)[C@H](C)O)cc1. The molecule has 8 nitrogen and oxygen atoms in total. The van der Waals surface area contributed by atoms with Crippen LogP contribution in [0.3, 0.4) is 0 Å². The van der Waals surface area contributed by atoms with E-state index in [1.165, 1.54) is 20.1 Å². The van der Waals surface area contributed by atoms with Gasteiger partial charge in [-0.1, -0.05) is 0 Å². The second-order valence-corrected chi connectivity index (χ2v) is 5.38. The van der Waals surface area contributed by atoms with Gasteiger partial charge in [-0.25, -0.2) is 0 Å². The lowest BCUT2D eigenvalue weighted by atomic mass is 10.2. The molecule has 0 aliphatic heterocycles. The quantitative estimate of drug-likeness (QED) is 0.310. The molecule has 3 N–H and O–H groups in total. The molecule has 0 bridgehead atoms. The average Bonchev–Trinajstić information content (AvgIpc) is 2.59. The van der Waals surface area contributed by atoms with Crippen molar-refractivity contribution in [3.05, 3.63) is 29.8 Å². The van der Waals surface area contributed by atoms with Crippen molar-refractivity contribution in [1.29, 1.82) is 0 Å². The third-order valence-corrected chi connectivity index (χ3v) is 3.34. The Labute approximate surface area is 146 Å². The van der Waals surface area contributed by atoms with Gasteiger partial charge in [0.25, 0.3) is 0 Å². The number of rotatable bonds is 10. The first-order valence-corrected chi connectivity index (χ1v) is 7.81. The van der Waals surface area contributed by atoms with E-state index in [0.29, 0.717) is 5.75 Å². The van der Waals surface area contributed by atoms with E-state index in [0.717, 1.165) is 5.56 Å². The van der Waals surface area contributed by atoms with Gasteiger partial charge < -0.3 is 29.5 Å². The van der Waals surface area contributed by atoms with E-state index >= 15 is 0 Å². The number of hydrogen-bond donors (Lipinski definition) is 3. The highest BCUT2D eigenvalue weighted by molar-refractivity contribution is 5.80. The van der Waals surface area contributed by atoms with E-state index in [1.54, 1.807) is 31.4 Å². The van der Waals surface area contributed by atoms with Gasteiger partial charge in [-0.2, -0.15) is 0 Å². The van der Waals surface area contributed by atoms with Crippen molar-refractivity contribution in [2.45, 2.75) is 38.4 Å². The van der Waals surface area contributed by atoms with Crippen molar-refractivity contribution < 1.29 is 34.3 Å². The number of ether oxygens (including phenoxy) is 3. The Morgan fingerprint density at radius 3 is 2.32 bits per heavy atom. The lowest BCUT2D eigenvalue weighted by Gasteiger charge is -2.28. The molecule has 0 spiro atoms. The smallest absolute Gasteiger partial charge is 0.305 e. The molecule has 1 aromatic rings. The Kier molecular flexibility index (Phi) is 9.07. The number of aliphatic imine (C=N–C) groups is 1. The van der Waals surface area contributed by atoms with E-state index in [-0.39, 0.29) is 0 Å². The molecule has 4 atom stereocenters. The molecule has 1 aromatic carbocycles. The molecule has 0 aromatic heterocycles. The number of hydrogen-bond acceptors (Lipinski definition) is 8. The van der Waals surface area contributed by atoms with Gasteiger partial charge in [0.1, 0.15) is 17.9 Å². The maximum Gasteiger partial charge on any atom is 0.305 e. The van der Waals surface area contributed by atoms with Crippen LogP contribution in [0.1, 0.15) is 19.4 Å². The minimum Gasteiger partial charge on any atom is -0.497 e.